The van der Waals surface area contributed by atoms with Crippen LogP contribution in [0.5, 0.6) is 0 Å². The second kappa shape index (κ2) is 4.20. The van der Waals surface area contributed by atoms with Crippen LogP contribution in [0.15, 0.2) is 30.6 Å². The van der Waals surface area contributed by atoms with Crippen molar-refractivity contribution in [2.45, 2.75) is 6.92 Å². The first-order chi connectivity index (χ1) is 9.81. The van der Waals surface area contributed by atoms with Gasteiger partial charge in [0.2, 0.25) is 10.8 Å². The van der Waals surface area contributed by atoms with Gasteiger partial charge in [-0.15, -0.1) is 10.2 Å². The third kappa shape index (κ3) is 1.69. The molecule has 0 aliphatic carbocycles. The van der Waals surface area contributed by atoms with E-state index in [4.69, 9.17) is 0 Å². The number of aromatic nitrogens is 7. The zero-order chi connectivity index (χ0) is 13.5. The average Bonchev–Trinajstić information content (AvgIpc) is 3.14. The van der Waals surface area contributed by atoms with Gasteiger partial charge in [0, 0.05) is 23.7 Å². The van der Waals surface area contributed by atoms with Crippen LogP contribution in [0.1, 0.15) is 5.69 Å². The molecule has 98 valence electrons. The summed E-state index contributed by atoms with van der Waals surface area (Å²) < 4.78 is 1.71. The molecule has 0 aliphatic rings. The first-order valence-electron chi connectivity index (χ1n) is 5.96. The van der Waals surface area contributed by atoms with Gasteiger partial charge < -0.3 is 0 Å². The van der Waals surface area contributed by atoms with Crippen LogP contribution in [0.2, 0.25) is 0 Å². The van der Waals surface area contributed by atoms with Gasteiger partial charge in [0.05, 0.1) is 0 Å². The highest BCUT2D eigenvalue weighted by Crippen LogP contribution is 2.26. The van der Waals surface area contributed by atoms with Crippen LogP contribution in [0.25, 0.3) is 27.1 Å². The highest BCUT2D eigenvalue weighted by atomic mass is 32.1. The Bertz CT molecular complexity index is 874. The van der Waals surface area contributed by atoms with E-state index in [2.05, 4.69) is 30.5 Å². The number of hydrogen-bond acceptors (Lipinski definition) is 6. The molecule has 0 atom stereocenters. The van der Waals surface area contributed by atoms with Crippen LogP contribution >= 0.6 is 11.3 Å². The molecule has 4 heterocycles. The fourth-order valence-electron chi connectivity index (χ4n) is 1.92. The summed E-state index contributed by atoms with van der Waals surface area (Å²) in [6.07, 6.45) is 3.52. The number of H-pyrrole nitrogens is 1. The molecule has 4 aromatic rings. The normalized spacial score (nSPS) is 11.2. The molecule has 0 aliphatic heterocycles. The molecule has 0 bridgehead atoms. The number of nitrogens with one attached hydrogen (secondary N) is 1. The number of hydrogen-bond donors (Lipinski definition) is 1. The minimum Gasteiger partial charge on any atom is -0.282 e. The number of aryl methyl sites for hydroxylation is 1. The summed E-state index contributed by atoms with van der Waals surface area (Å²) in [5, 5.41) is 20.8. The quantitative estimate of drug-likeness (QED) is 0.607. The molecule has 0 spiro atoms. The highest BCUT2D eigenvalue weighted by Gasteiger charge is 2.16. The van der Waals surface area contributed by atoms with Crippen LogP contribution in [0.4, 0.5) is 0 Å². The van der Waals surface area contributed by atoms with Gasteiger partial charge >= 0.3 is 0 Å². The zero-order valence-electron chi connectivity index (χ0n) is 10.5. The topological polar surface area (TPSA) is 84.7 Å². The monoisotopic (exact) mass is 283 g/mol. The largest absolute Gasteiger partial charge is 0.282 e. The highest BCUT2D eigenvalue weighted by molar-refractivity contribution is 7.19. The summed E-state index contributed by atoms with van der Waals surface area (Å²) in [6, 6.07) is 5.77. The van der Waals surface area contributed by atoms with Crippen molar-refractivity contribution in [3.05, 3.63) is 36.3 Å². The number of fused-ring (bicyclic) bond motifs is 1. The predicted octanol–water partition coefficient (Wildman–Crippen LogP) is 1.95. The molecule has 0 aromatic carbocycles. The maximum atomic E-state index is 4.54. The zero-order valence-corrected chi connectivity index (χ0v) is 11.3. The Kier molecular flexibility index (Phi) is 2.36. The number of pyridine rings is 1. The summed E-state index contributed by atoms with van der Waals surface area (Å²) in [4.78, 5) is 4.84. The molecule has 0 fully saturated rings. The van der Waals surface area contributed by atoms with E-state index in [1.807, 2.05) is 25.1 Å². The fraction of sp³-hybridized carbons (Fsp3) is 0.0833. The van der Waals surface area contributed by atoms with E-state index < -0.39 is 0 Å². The number of aromatic amines is 1. The molecular formula is C12H9N7S. The SMILES string of the molecule is Cc1cc(-c2nnc3sc(-c4cccnc4)nn23)n[nH]1. The van der Waals surface area contributed by atoms with Crippen LogP contribution < -0.4 is 0 Å². The van der Waals surface area contributed by atoms with E-state index in [0.717, 1.165) is 26.9 Å². The van der Waals surface area contributed by atoms with Crippen molar-refractivity contribution in [3.8, 4) is 22.1 Å². The molecule has 0 amide bonds. The van der Waals surface area contributed by atoms with Crippen molar-refractivity contribution in [3.63, 3.8) is 0 Å². The molecule has 0 saturated carbocycles. The van der Waals surface area contributed by atoms with Crippen molar-refractivity contribution in [1.29, 1.82) is 0 Å². The van der Waals surface area contributed by atoms with Crippen LogP contribution in [-0.2, 0) is 0 Å². The smallest absolute Gasteiger partial charge is 0.235 e. The predicted molar refractivity (Wildman–Crippen MR) is 74.2 cm³/mol. The minimum atomic E-state index is 0.635. The molecule has 7 nitrogen and oxygen atoms in total. The Morgan fingerprint density at radius 1 is 1.30 bits per heavy atom. The van der Waals surface area contributed by atoms with Crippen molar-refractivity contribution < 1.29 is 0 Å². The lowest BCUT2D eigenvalue weighted by atomic mass is 10.3. The fourth-order valence-corrected chi connectivity index (χ4v) is 2.74. The summed E-state index contributed by atoms with van der Waals surface area (Å²) >= 11 is 1.47. The molecular weight excluding hydrogens is 274 g/mol. The Morgan fingerprint density at radius 3 is 3.00 bits per heavy atom. The first-order valence-corrected chi connectivity index (χ1v) is 6.78. The summed E-state index contributed by atoms with van der Waals surface area (Å²) in [5.74, 6) is 0.635. The van der Waals surface area contributed by atoms with Crippen LogP contribution in [0.3, 0.4) is 0 Å². The molecule has 1 N–H and O–H groups in total. The van der Waals surface area contributed by atoms with Gasteiger partial charge in [0.1, 0.15) is 10.7 Å². The second-order valence-electron chi connectivity index (χ2n) is 4.30. The molecule has 0 radical (unpaired) electrons. The van der Waals surface area contributed by atoms with Crippen molar-refractivity contribution >= 4 is 16.3 Å². The van der Waals surface area contributed by atoms with E-state index in [-0.39, 0.29) is 0 Å². The van der Waals surface area contributed by atoms with Gasteiger partial charge in [-0.1, -0.05) is 11.3 Å². The maximum Gasteiger partial charge on any atom is 0.235 e. The first kappa shape index (κ1) is 11.2. The second-order valence-corrected chi connectivity index (χ2v) is 5.26. The summed E-state index contributed by atoms with van der Waals surface area (Å²) in [6.45, 7) is 1.94. The third-order valence-corrected chi connectivity index (χ3v) is 3.78. The molecule has 20 heavy (non-hydrogen) atoms. The molecule has 4 aromatic heterocycles. The molecule has 0 unspecified atom stereocenters. The van der Waals surface area contributed by atoms with Gasteiger partial charge in [-0.25, -0.2) is 0 Å². The maximum absolute atomic E-state index is 4.54. The van der Waals surface area contributed by atoms with E-state index in [9.17, 15) is 0 Å². The lowest BCUT2D eigenvalue weighted by Crippen LogP contribution is -1.91. The van der Waals surface area contributed by atoms with Crippen LogP contribution in [-0.4, -0.2) is 35.0 Å². The Hall–Kier alpha value is -2.61. The lowest BCUT2D eigenvalue weighted by molar-refractivity contribution is 0.951. The van der Waals surface area contributed by atoms with Crippen molar-refractivity contribution in [1.82, 2.24) is 35.0 Å². The van der Waals surface area contributed by atoms with E-state index in [1.165, 1.54) is 11.3 Å². The van der Waals surface area contributed by atoms with Gasteiger partial charge in [-0.2, -0.15) is 14.7 Å². The molecule has 8 heteroatoms. The number of nitrogens with zero attached hydrogens (tertiary/aromatic N) is 6. The minimum absolute atomic E-state index is 0.635. The van der Waals surface area contributed by atoms with Gasteiger partial charge in [-0.05, 0) is 25.1 Å². The average molecular weight is 283 g/mol. The van der Waals surface area contributed by atoms with Crippen molar-refractivity contribution in [2.75, 3.05) is 0 Å². The van der Waals surface area contributed by atoms with Crippen LogP contribution in [0, 0.1) is 6.92 Å². The third-order valence-electron chi connectivity index (χ3n) is 2.83. The van der Waals surface area contributed by atoms with Gasteiger partial charge in [-0.3, -0.25) is 10.1 Å². The van der Waals surface area contributed by atoms with Gasteiger partial charge in [0.25, 0.3) is 0 Å². The lowest BCUT2D eigenvalue weighted by Gasteiger charge is -1.92. The van der Waals surface area contributed by atoms with E-state index in [0.29, 0.717) is 5.82 Å². The molecule has 0 saturated heterocycles. The Morgan fingerprint density at radius 2 is 2.25 bits per heavy atom. The standard InChI is InChI=1S/C12H9N7S/c1-7-5-9(15-14-7)10-16-17-12-19(10)18-11(20-12)8-3-2-4-13-6-8/h2-6H,1H3,(H,14,15). The Balaban J connectivity index is 1.87. The van der Waals surface area contributed by atoms with E-state index >= 15 is 0 Å². The van der Waals surface area contributed by atoms with Gasteiger partial charge in [0.15, 0.2) is 0 Å². The Labute approximate surface area is 117 Å². The summed E-state index contributed by atoms with van der Waals surface area (Å²) in [7, 11) is 0. The summed E-state index contributed by atoms with van der Waals surface area (Å²) in [5.41, 5.74) is 2.67. The van der Waals surface area contributed by atoms with E-state index in [1.54, 1.807) is 16.9 Å². The number of rotatable bonds is 2. The van der Waals surface area contributed by atoms with Crippen molar-refractivity contribution in [2.24, 2.45) is 0 Å². The molecule has 4 rings (SSSR count).